The fourth-order valence-corrected chi connectivity index (χ4v) is 4.82. The monoisotopic (exact) mass is 356 g/mol. The third kappa shape index (κ3) is 4.09. The number of pyridine rings is 1. The Morgan fingerprint density at radius 2 is 2.04 bits per heavy atom. The number of aryl methyl sites for hydroxylation is 2. The molecule has 2 saturated heterocycles. The van der Waals surface area contributed by atoms with E-state index in [1.807, 2.05) is 6.20 Å². The van der Waals surface area contributed by atoms with Crippen LogP contribution in [0.1, 0.15) is 48.9 Å². The van der Waals surface area contributed by atoms with Crippen molar-refractivity contribution in [2.45, 2.75) is 57.5 Å². The largest absolute Gasteiger partial charge is 0.352 e. The molecule has 1 aliphatic carbocycles. The maximum absolute atomic E-state index is 12.7. The summed E-state index contributed by atoms with van der Waals surface area (Å²) in [5.74, 6) is 0.369. The number of aromatic nitrogens is 1. The van der Waals surface area contributed by atoms with Crippen LogP contribution in [0.4, 0.5) is 0 Å². The van der Waals surface area contributed by atoms with Gasteiger partial charge in [0.15, 0.2) is 0 Å². The van der Waals surface area contributed by atoms with Crippen LogP contribution in [-0.4, -0.2) is 60.0 Å². The number of piperidine rings is 2. The molecule has 0 radical (unpaired) electrons. The predicted molar refractivity (Wildman–Crippen MR) is 103 cm³/mol. The Hall–Kier alpha value is -1.46. The highest BCUT2D eigenvalue weighted by molar-refractivity contribution is 5.79. The van der Waals surface area contributed by atoms with Crippen LogP contribution in [0.3, 0.4) is 0 Å². The summed E-state index contributed by atoms with van der Waals surface area (Å²) in [6.45, 7) is 5.08. The Morgan fingerprint density at radius 1 is 1.19 bits per heavy atom. The highest BCUT2D eigenvalue weighted by Gasteiger charge is 2.31. The Kier molecular flexibility index (Phi) is 5.55. The second-order valence-corrected chi connectivity index (χ2v) is 8.39. The summed E-state index contributed by atoms with van der Waals surface area (Å²) in [4.78, 5) is 22.3. The molecule has 1 atom stereocenters. The summed E-state index contributed by atoms with van der Waals surface area (Å²) < 4.78 is 0. The summed E-state index contributed by atoms with van der Waals surface area (Å²) in [6.07, 6.45) is 10.1. The fourth-order valence-electron chi connectivity index (χ4n) is 4.82. The van der Waals surface area contributed by atoms with E-state index in [4.69, 9.17) is 0 Å². The first-order chi connectivity index (χ1) is 12.7. The van der Waals surface area contributed by atoms with Crippen LogP contribution in [0.25, 0.3) is 0 Å². The van der Waals surface area contributed by atoms with Crippen molar-refractivity contribution < 1.29 is 4.79 Å². The number of amides is 1. The van der Waals surface area contributed by atoms with Gasteiger partial charge in [-0.1, -0.05) is 6.07 Å². The number of nitrogens with zero attached hydrogens (tertiary/aromatic N) is 3. The van der Waals surface area contributed by atoms with Crippen LogP contribution < -0.4 is 5.32 Å². The van der Waals surface area contributed by atoms with Gasteiger partial charge in [0, 0.05) is 31.0 Å². The molecular weight excluding hydrogens is 324 g/mol. The topological polar surface area (TPSA) is 48.5 Å². The molecule has 3 aliphatic rings. The lowest BCUT2D eigenvalue weighted by Gasteiger charge is -2.41. The van der Waals surface area contributed by atoms with Gasteiger partial charge >= 0.3 is 0 Å². The minimum Gasteiger partial charge on any atom is -0.352 e. The van der Waals surface area contributed by atoms with Crippen molar-refractivity contribution in [3.8, 4) is 0 Å². The maximum Gasteiger partial charge on any atom is 0.224 e. The quantitative estimate of drug-likeness (QED) is 0.896. The molecule has 1 unspecified atom stereocenters. The molecule has 0 bridgehead atoms. The van der Waals surface area contributed by atoms with Crippen molar-refractivity contribution in [3.63, 3.8) is 0 Å². The van der Waals surface area contributed by atoms with Gasteiger partial charge in [-0.3, -0.25) is 14.7 Å². The van der Waals surface area contributed by atoms with Gasteiger partial charge < -0.3 is 10.2 Å². The van der Waals surface area contributed by atoms with E-state index in [1.165, 1.54) is 43.6 Å². The molecule has 5 nitrogen and oxygen atoms in total. The molecule has 0 aromatic carbocycles. The van der Waals surface area contributed by atoms with E-state index in [0.29, 0.717) is 12.6 Å². The maximum atomic E-state index is 12.7. The Labute approximate surface area is 157 Å². The van der Waals surface area contributed by atoms with E-state index in [2.05, 4.69) is 33.2 Å². The molecule has 2 aliphatic heterocycles. The van der Waals surface area contributed by atoms with Crippen LogP contribution in [0.15, 0.2) is 12.3 Å². The minimum atomic E-state index is 0.144. The van der Waals surface area contributed by atoms with E-state index < -0.39 is 0 Å². The third-order valence-corrected chi connectivity index (χ3v) is 6.47. The number of rotatable bonds is 4. The number of nitrogens with one attached hydrogen (secondary N) is 1. The van der Waals surface area contributed by atoms with Crippen molar-refractivity contribution in [2.75, 3.05) is 33.2 Å². The molecular formula is C21H32N4O. The highest BCUT2D eigenvalue weighted by atomic mass is 16.1. The second-order valence-electron chi connectivity index (χ2n) is 8.39. The molecule has 2 fully saturated rings. The highest BCUT2D eigenvalue weighted by Crippen LogP contribution is 2.24. The molecule has 1 N–H and O–H groups in total. The van der Waals surface area contributed by atoms with Crippen LogP contribution >= 0.6 is 0 Å². The molecule has 0 saturated carbocycles. The molecule has 142 valence electrons. The predicted octanol–water partition coefficient (Wildman–Crippen LogP) is 1.99. The van der Waals surface area contributed by atoms with Crippen molar-refractivity contribution >= 4 is 5.91 Å². The first kappa shape index (κ1) is 17.9. The van der Waals surface area contributed by atoms with E-state index >= 15 is 0 Å². The minimum absolute atomic E-state index is 0.144. The van der Waals surface area contributed by atoms with Crippen molar-refractivity contribution in [2.24, 2.45) is 5.92 Å². The van der Waals surface area contributed by atoms with Gasteiger partial charge in [0.25, 0.3) is 0 Å². The summed E-state index contributed by atoms with van der Waals surface area (Å²) in [6, 6.07) is 2.91. The van der Waals surface area contributed by atoms with Crippen LogP contribution in [0.5, 0.6) is 0 Å². The number of hydrogen-bond donors (Lipinski definition) is 1. The summed E-state index contributed by atoms with van der Waals surface area (Å²) in [5, 5.41) is 3.18. The molecule has 3 heterocycles. The van der Waals surface area contributed by atoms with E-state index in [1.54, 1.807) is 0 Å². The Bertz CT molecular complexity index is 639. The van der Waals surface area contributed by atoms with Crippen LogP contribution in [0.2, 0.25) is 0 Å². The average molecular weight is 357 g/mol. The average Bonchev–Trinajstić information content (AvgIpc) is 3.14. The molecule has 26 heavy (non-hydrogen) atoms. The molecule has 1 amide bonds. The number of carbonyl (C=O) groups is 1. The number of likely N-dealkylation sites (tertiary alicyclic amines) is 2. The van der Waals surface area contributed by atoms with Gasteiger partial charge in [-0.05, 0) is 82.8 Å². The normalized spacial score (nSPS) is 25.2. The van der Waals surface area contributed by atoms with Crippen molar-refractivity contribution in [1.82, 2.24) is 20.1 Å². The van der Waals surface area contributed by atoms with Gasteiger partial charge in [0.05, 0.1) is 5.92 Å². The first-order valence-electron chi connectivity index (χ1n) is 10.4. The molecule has 4 rings (SSSR count). The Balaban J connectivity index is 1.29. The third-order valence-electron chi connectivity index (χ3n) is 6.47. The summed E-state index contributed by atoms with van der Waals surface area (Å²) >= 11 is 0. The van der Waals surface area contributed by atoms with E-state index in [-0.39, 0.29) is 11.8 Å². The second kappa shape index (κ2) is 8.05. The van der Waals surface area contributed by atoms with Crippen molar-refractivity contribution in [3.05, 3.63) is 29.1 Å². The van der Waals surface area contributed by atoms with E-state index in [0.717, 1.165) is 44.3 Å². The summed E-state index contributed by atoms with van der Waals surface area (Å²) in [5.41, 5.74) is 3.77. The molecule has 5 heteroatoms. The first-order valence-corrected chi connectivity index (χ1v) is 10.4. The van der Waals surface area contributed by atoms with Crippen LogP contribution in [0, 0.1) is 5.92 Å². The molecule has 0 spiro atoms. The lowest BCUT2D eigenvalue weighted by molar-refractivity contribution is -0.127. The van der Waals surface area contributed by atoms with Crippen LogP contribution in [-0.2, 0) is 24.2 Å². The number of carbonyl (C=O) groups excluding carboxylic acids is 1. The van der Waals surface area contributed by atoms with Gasteiger partial charge in [0.1, 0.15) is 0 Å². The zero-order valence-electron chi connectivity index (χ0n) is 16.0. The van der Waals surface area contributed by atoms with Gasteiger partial charge in [0.2, 0.25) is 5.91 Å². The number of fused-ring (bicyclic) bond motifs is 1. The Morgan fingerprint density at radius 3 is 2.88 bits per heavy atom. The fraction of sp³-hybridized carbons (Fsp3) is 0.714. The zero-order valence-corrected chi connectivity index (χ0v) is 16.0. The number of hydrogen-bond acceptors (Lipinski definition) is 4. The van der Waals surface area contributed by atoms with E-state index in [9.17, 15) is 4.79 Å². The lowest BCUT2D eigenvalue weighted by atomic mass is 9.93. The van der Waals surface area contributed by atoms with Gasteiger partial charge in [-0.25, -0.2) is 0 Å². The standard InChI is InChI=1S/C21H32N4O/c1-24-10-7-19(8-11-24)25-9-3-5-18(15-25)21(26)23-14-16-12-17-4-2-6-20(17)22-13-16/h12-13,18-19H,2-11,14-15H2,1H3,(H,23,26). The lowest BCUT2D eigenvalue weighted by Crippen LogP contribution is -2.50. The SMILES string of the molecule is CN1CCC(N2CCCC(C(=O)NCc3cnc4c(c3)CCC4)C2)CC1. The summed E-state index contributed by atoms with van der Waals surface area (Å²) in [7, 11) is 2.20. The van der Waals surface area contributed by atoms with Gasteiger partial charge in [-0.2, -0.15) is 0 Å². The smallest absolute Gasteiger partial charge is 0.224 e. The van der Waals surface area contributed by atoms with Crippen molar-refractivity contribution in [1.29, 1.82) is 0 Å². The van der Waals surface area contributed by atoms with Gasteiger partial charge in [-0.15, -0.1) is 0 Å². The zero-order chi connectivity index (χ0) is 17.9. The molecule has 1 aromatic rings. The molecule has 1 aromatic heterocycles.